The molecule has 2 fully saturated rings. The van der Waals surface area contributed by atoms with Crippen LogP contribution in [-0.2, 0) is 23.1 Å². The van der Waals surface area contributed by atoms with Crippen molar-refractivity contribution in [2.24, 2.45) is 5.92 Å². The lowest BCUT2D eigenvalue weighted by atomic mass is 9.97. The van der Waals surface area contributed by atoms with Crippen LogP contribution >= 0.6 is 8.25 Å². The lowest BCUT2D eigenvalue weighted by molar-refractivity contribution is -0.135. The quantitative estimate of drug-likeness (QED) is 0.656. The van der Waals surface area contributed by atoms with Crippen molar-refractivity contribution in [1.82, 2.24) is 9.55 Å². The summed E-state index contributed by atoms with van der Waals surface area (Å²) in [4.78, 5) is 28.4. The minimum absolute atomic E-state index is 0.0168. The van der Waals surface area contributed by atoms with Gasteiger partial charge in [0, 0.05) is 12.1 Å². The fraction of sp³-hybridized carbons (Fsp3) is 0.706. The van der Waals surface area contributed by atoms with Crippen LogP contribution in [0, 0.1) is 5.92 Å². The summed E-state index contributed by atoms with van der Waals surface area (Å²) in [6, 6.07) is 1.26. The average molecular weight is 435 g/mol. The molecule has 3 rings (SSSR count). The summed E-state index contributed by atoms with van der Waals surface area (Å²) in [5, 5.41) is 2.57. The molecule has 1 aromatic heterocycles. The highest BCUT2D eigenvalue weighted by atomic mass is 31.1. The Balaban J connectivity index is 1.77. The zero-order valence-electron chi connectivity index (χ0n) is 16.1. The number of carbonyl (C=O) groups excluding carboxylic acids is 1. The minimum atomic E-state index is -3.61. The second-order valence-electron chi connectivity index (χ2n) is 7.07. The van der Waals surface area contributed by atoms with Crippen molar-refractivity contribution in [3.05, 3.63) is 22.7 Å². The predicted octanol–water partition coefficient (Wildman–Crippen LogP) is 2.74. The predicted molar refractivity (Wildman–Crippen MR) is 99.1 cm³/mol. The molecule has 1 amide bonds. The van der Waals surface area contributed by atoms with Crippen LogP contribution in [0.25, 0.3) is 0 Å². The number of amides is 1. The number of halogens is 2. The zero-order valence-corrected chi connectivity index (χ0v) is 17.1. The van der Waals surface area contributed by atoms with Gasteiger partial charge in [0.25, 0.3) is 0 Å². The van der Waals surface area contributed by atoms with E-state index in [0.29, 0.717) is 17.4 Å². The Morgan fingerprint density at radius 3 is 2.72 bits per heavy atom. The molecule has 0 radical (unpaired) electrons. The first kappa shape index (κ1) is 22.0. The first-order valence-corrected chi connectivity index (χ1v) is 10.8. The standard InChI is InChI=1S/C17H24F2N3O6P/c1-3-5-10(6-4-2)14(23)20-12-7-8-22(16(24)21-12)15-17(18,19)13-11(27-15)9-26-29(25)28-13/h7-8,10-11,13,15,29H,3-6,9H2,1-2H3,(H,20,21,23,24)/t11?,13-,15-/m1/s1. The van der Waals surface area contributed by atoms with Crippen molar-refractivity contribution in [3.63, 3.8) is 0 Å². The van der Waals surface area contributed by atoms with Crippen LogP contribution in [0.1, 0.15) is 45.8 Å². The fourth-order valence-corrected chi connectivity index (χ4v) is 4.41. The highest BCUT2D eigenvalue weighted by Gasteiger charge is 2.63. The van der Waals surface area contributed by atoms with Gasteiger partial charge in [-0.3, -0.25) is 18.5 Å². The van der Waals surface area contributed by atoms with E-state index in [2.05, 4.69) is 10.3 Å². The van der Waals surface area contributed by atoms with Crippen LogP contribution in [0.5, 0.6) is 0 Å². The van der Waals surface area contributed by atoms with E-state index in [1.807, 2.05) is 13.8 Å². The van der Waals surface area contributed by atoms with E-state index >= 15 is 0 Å². The van der Waals surface area contributed by atoms with Gasteiger partial charge in [0.05, 0.1) is 6.61 Å². The molecule has 9 nitrogen and oxygen atoms in total. The summed E-state index contributed by atoms with van der Waals surface area (Å²) < 4.78 is 56.0. The van der Waals surface area contributed by atoms with Crippen LogP contribution < -0.4 is 11.0 Å². The Bertz CT molecular complexity index is 830. The smallest absolute Gasteiger partial charge is 0.343 e. The fourth-order valence-electron chi connectivity index (χ4n) is 3.53. The first-order valence-electron chi connectivity index (χ1n) is 9.54. The maximum absolute atomic E-state index is 14.7. The second-order valence-corrected chi connectivity index (χ2v) is 8.09. The molecule has 2 aliphatic rings. The van der Waals surface area contributed by atoms with Crippen molar-refractivity contribution >= 4 is 20.0 Å². The first-order chi connectivity index (χ1) is 13.8. The van der Waals surface area contributed by atoms with E-state index in [1.165, 1.54) is 6.07 Å². The third kappa shape index (κ3) is 4.58. The van der Waals surface area contributed by atoms with E-state index in [4.69, 9.17) is 13.8 Å². The van der Waals surface area contributed by atoms with Gasteiger partial charge in [-0.1, -0.05) is 26.7 Å². The lowest BCUT2D eigenvalue weighted by Crippen LogP contribution is -2.44. The molecule has 0 aromatic carbocycles. The molecule has 3 heterocycles. The van der Waals surface area contributed by atoms with Crippen LogP contribution in [0.4, 0.5) is 14.6 Å². The van der Waals surface area contributed by atoms with Gasteiger partial charge in [0.2, 0.25) is 12.1 Å². The van der Waals surface area contributed by atoms with Crippen LogP contribution in [0.3, 0.4) is 0 Å². The number of nitrogens with zero attached hydrogens (tertiary/aromatic N) is 2. The molecule has 1 N–H and O–H groups in total. The molecule has 0 spiro atoms. The number of rotatable bonds is 7. The van der Waals surface area contributed by atoms with E-state index in [1.54, 1.807) is 0 Å². The van der Waals surface area contributed by atoms with E-state index in [-0.39, 0.29) is 24.2 Å². The molecule has 29 heavy (non-hydrogen) atoms. The van der Waals surface area contributed by atoms with Gasteiger partial charge in [-0.05, 0) is 18.9 Å². The summed E-state index contributed by atoms with van der Waals surface area (Å²) in [6.07, 6.45) is -0.759. The third-order valence-corrected chi connectivity index (χ3v) is 5.77. The Hall–Kier alpha value is -1.68. The Kier molecular flexibility index (Phi) is 6.83. The number of nitrogens with one attached hydrogen (secondary N) is 1. The van der Waals surface area contributed by atoms with Crippen molar-refractivity contribution < 1.29 is 31.9 Å². The molecule has 2 saturated heterocycles. The summed E-state index contributed by atoms with van der Waals surface area (Å²) in [7, 11) is -3.03. The maximum Gasteiger partial charge on any atom is 0.351 e. The second kappa shape index (κ2) is 8.99. The topological polar surface area (TPSA) is 109 Å². The van der Waals surface area contributed by atoms with Crippen LogP contribution in [-0.4, -0.2) is 40.2 Å². The molecule has 162 valence electrons. The van der Waals surface area contributed by atoms with Gasteiger partial charge in [0.1, 0.15) is 11.9 Å². The van der Waals surface area contributed by atoms with Crippen molar-refractivity contribution in [2.75, 3.05) is 11.9 Å². The monoisotopic (exact) mass is 435 g/mol. The number of anilines is 1. The minimum Gasteiger partial charge on any atom is -0.343 e. The summed E-state index contributed by atoms with van der Waals surface area (Å²) in [5.74, 6) is -4.10. The average Bonchev–Trinajstić information content (AvgIpc) is 2.92. The van der Waals surface area contributed by atoms with Crippen LogP contribution in [0.2, 0.25) is 0 Å². The van der Waals surface area contributed by atoms with E-state index in [9.17, 15) is 22.9 Å². The summed E-state index contributed by atoms with van der Waals surface area (Å²) in [6.45, 7) is 3.63. The molecule has 12 heteroatoms. The van der Waals surface area contributed by atoms with Crippen molar-refractivity contribution in [1.29, 1.82) is 0 Å². The summed E-state index contributed by atoms with van der Waals surface area (Å²) in [5.41, 5.74) is -1.01. The van der Waals surface area contributed by atoms with Gasteiger partial charge in [-0.2, -0.15) is 13.8 Å². The molecular formula is C17H24F2N3O6P. The molecule has 2 unspecified atom stereocenters. The number of alkyl halides is 2. The summed E-state index contributed by atoms with van der Waals surface area (Å²) >= 11 is 0. The lowest BCUT2D eigenvalue weighted by Gasteiger charge is -2.26. The molecule has 0 saturated carbocycles. The molecule has 2 aliphatic heterocycles. The zero-order chi connectivity index (χ0) is 21.2. The van der Waals surface area contributed by atoms with Crippen molar-refractivity contribution in [3.8, 4) is 0 Å². The molecular weight excluding hydrogens is 411 g/mol. The number of aromatic nitrogens is 2. The molecule has 0 bridgehead atoms. The van der Waals surface area contributed by atoms with Gasteiger partial charge < -0.3 is 14.6 Å². The number of hydrogen-bond donors (Lipinski definition) is 1. The SMILES string of the molecule is CCCC(CCC)C(=O)Nc1ccn([C@@H]2OC3CO[PH](=O)O[C@H]3C2(F)F)c(=O)n1. The largest absolute Gasteiger partial charge is 0.351 e. The highest BCUT2D eigenvalue weighted by Crippen LogP contribution is 2.50. The Labute approximate surface area is 166 Å². The van der Waals surface area contributed by atoms with E-state index in [0.717, 1.165) is 19.0 Å². The normalized spacial score (nSPS) is 28.3. The number of ether oxygens (including phenoxy) is 1. The van der Waals surface area contributed by atoms with Gasteiger partial charge >= 0.3 is 19.9 Å². The number of hydrogen-bond acceptors (Lipinski definition) is 7. The van der Waals surface area contributed by atoms with Gasteiger partial charge in [-0.25, -0.2) is 4.79 Å². The third-order valence-electron chi connectivity index (χ3n) is 4.92. The van der Waals surface area contributed by atoms with Crippen LogP contribution in [0.15, 0.2) is 17.1 Å². The molecule has 0 aliphatic carbocycles. The highest BCUT2D eigenvalue weighted by molar-refractivity contribution is 7.33. The number of carbonyl (C=O) groups is 1. The Morgan fingerprint density at radius 1 is 1.41 bits per heavy atom. The maximum atomic E-state index is 14.7. The van der Waals surface area contributed by atoms with Gasteiger partial charge in [-0.15, -0.1) is 0 Å². The molecule has 4 atom stereocenters. The number of fused-ring (bicyclic) bond motifs is 1. The molecule has 1 aromatic rings. The van der Waals surface area contributed by atoms with E-state index < -0.39 is 38.3 Å². The van der Waals surface area contributed by atoms with Crippen molar-refractivity contribution in [2.45, 2.75) is 63.9 Å². The van der Waals surface area contributed by atoms with Gasteiger partial charge in [0.15, 0.2) is 6.10 Å². The Morgan fingerprint density at radius 2 is 2.10 bits per heavy atom.